The van der Waals surface area contributed by atoms with Gasteiger partial charge < -0.3 is 14.8 Å². The van der Waals surface area contributed by atoms with Crippen LogP contribution in [0.15, 0.2) is 36.4 Å². The Morgan fingerprint density at radius 2 is 1.96 bits per heavy atom. The number of amides is 2. The van der Waals surface area contributed by atoms with Gasteiger partial charge in [0.25, 0.3) is 0 Å². The number of benzene rings is 1. The highest BCUT2D eigenvalue weighted by atomic mass is 16.2. The smallest absolute Gasteiger partial charge is 0.322 e. The fourth-order valence-corrected chi connectivity index (χ4v) is 3.51. The van der Waals surface area contributed by atoms with E-state index < -0.39 is 0 Å². The second kappa shape index (κ2) is 6.11. The molecule has 1 aromatic carbocycles. The summed E-state index contributed by atoms with van der Waals surface area (Å²) in [5.41, 5.74) is 4.51. The lowest BCUT2D eigenvalue weighted by molar-refractivity contribution is 0.143. The lowest BCUT2D eigenvalue weighted by Crippen LogP contribution is -2.46. The Labute approximate surface area is 138 Å². The Morgan fingerprint density at radius 3 is 2.65 bits per heavy atom. The summed E-state index contributed by atoms with van der Waals surface area (Å²) in [6.07, 6.45) is 0. The quantitative estimate of drug-likeness (QED) is 0.879. The predicted molar refractivity (Wildman–Crippen MR) is 93.7 cm³/mol. The Kier molecular flexibility index (Phi) is 4.16. The van der Waals surface area contributed by atoms with Crippen molar-refractivity contribution in [2.45, 2.75) is 40.3 Å². The van der Waals surface area contributed by atoms with E-state index in [0.29, 0.717) is 5.92 Å². The Hall–Kier alpha value is -2.23. The topological polar surface area (TPSA) is 37.3 Å². The van der Waals surface area contributed by atoms with Gasteiger partial charge in [-0.2, -0.15) is 0 Å². The molecule has 0 saturated carbocycles. The molecule has 0 unspecified atom stereocenters. The summed E-state index contributed by atoms with van der Waals surface area (Å²) >= 11 is 0. The first kappa shape index (κ1) is 15.7. The summed E-state index contributed by atoms with van der Waals surface area (Å²) in [5.74, 6) is 0.367. The van der Waals surface area contributed by atoms with Crippen LogP contribution in [0.3, 0.4) is 0 Å². The number of anilines is 1. The second-order valence-corrected chi connectivity index (χ2v) is 6.73. The van der Waals surface area contributed by atoms with Gasteiger partial charge in [0, 0.05) is 30.2 Å². The maximum Gasteiger partial charge on any atom is 0.322 e. The molecule has 1 aliphatic rings. The highest BCUT2D eigenvalue weighted by Crippen LogP contribution is 2.33. The highest BCUT2D eigenvalue weighted by Gasteiger charge is 2.33. The number of nitrogens with zero attached hydrogens (tertiary/aromatic N) is 2. The molecular formula is C19H25N3O. The average molecular weight is 311 g/mol. The van der Waals surface area contributed by atoms with E-state index in [1.807, 2.05) is 36.1 Å². The second-order valence-electron chi connectivity index (χ2n) is 6.73. The van der Waals surface area contributed by atoms with E-state index in [-0.39, 0.29) is 12.1 Å². The van der Waals surface area contributed by atoms with Gasteiger partial charge in [-0.05, 0) is 49.6 Å². The van der Waals surface area contributed by atoms with E-state index in [2.05, 4.69) is 42.8 Å². The van der Waals surface area contributed by atoms with E-state index in [0.717, 1.165) is 24.3 Å². The molecule has 1 N–H and O–H groups in total. The average Bonchev–Trinajstić information content (AvgIpc) is 2.87. The third-order valence-electron chi connectivity index (χ3n) is 4.60. The van der Waals surface area contributed by atoms with Gasteiger partial charge in [-0.25, -0.2) is 4.79 Å². The maximum atomic E-state index is 12.8. The van der Waals surface area contributed by atoms with Crippen molar-refractivity contribution in [3.63, 3.8) is 0 Å². The monoisotopic (exact) mass is 311 g/mol. The number of aromatic nitrogens is 1. The number of fused-ring (bicyclic) bond motifs is 1. The molecule has 1 aromatic heterocycles. The number of rotatable bonds is 2. The van der Waals surface area contributed by atoms with Gasteiger partial charge in [-0.3, -0.25) is 0 Å². The van der Waals surface area contributed by atoms with Crippen molar-refractivity contribution < 1.29 is 4.79 Å². The molecule has 1 atom stereocenters. The molecule has 4 heteroatoms. The van der Waals surface area contributed by atoms with E-state index in [9.17, 15) is 4.79 Å². The number of carbonyl (C=O) groups is 1. The van der Waals surface area contributed by atoms with Crippen LogP contribution in [0.5, 0.6) is 0 Å². The van der Waals surface area contributed by atoms with Gasteiger partial charge in [0.1, 0.15) is 0 Å². The number of nitrogens with one attached hydrogen (secondary N) is 1. The number of urea groups is 1. The lowest BCUT2D eigenvalue weighted by Gasteiger charge is -2.39. The predicted octanol–water partition coefficient (Wildman–Crippen LogP) is 4.35. The molecule has 0 bridgehead atoms. The zero-order chi connectivity index (χ0) is 16.6. The zero-order valence-electron chi connectivity index (χ0n) is 14.3. The molecule has 3 rings (SSSR count). The van der Waals surface area contributed by atoms with Crippen LogP contribution < -0.4 is 5.32 Å². The maximum absolute atomic E-state index is 12.8. The number of hydrogen-bond donors (Lipinski definition) is 1. The molecular weight excluding hydrogens is 286 g/mol. The van der Waals surface area contributed by atoms with Crippen molar-refractivity contribution in [2.75, 3.05) is 11.9 Å². The molecule has 0 spiro atoms. The molecule has 2 heterocycles. The third kappa shape index (κ3) is 2.98. The lowest BCUT2D eigenvalue weighted by atomic mass is 9.97. The molecule has 4 nitrogen and oxygen atoms in total. The largest absolute Gasteiger partial charge is 0.345 e. The summed E-state index contributed by atoms with van der Waals surface area (Å²) in [6, 6.07) is 12.3. The molecule has 0 fully saturated rings. The fraction of sp³-hybridized carbons (Fsp3) is 0.421. The normalized spacial score (nSPS) is 17.3. The molecule has 1 aliphatic heterocycles. The first-order chi connectivity index (χ1) is 11.0. The summed E-state index contributed by atoms with van der Waals surface area (Å²) in [7, 11) is 0. The number of aryl methyl sites for hydroxylation is 2. The van der Waals surface area contributed by atoms with E-state index in [1.165, 1.54) is 11.4 Å². The zero-order valence-corrected chi connectivity index (χ0v) is 14.3. The standard InChI is InChI=1S/C19H25N3O/c1-13(2)18-17-9-8-15(4)21(17)10-11-22(18)19(23)20-16-7-5-6-14(3)12-16/h5-9,12-13,18H,10-11H2,1-4H3,(H,20,23)/t18-/m1/s1. The summed E-state index contributed by atoms with van der Waals surface area (Å²) in [4.78, 5) is 14.8. The molecule has 0 aliphatic carbocycles. The van der Waals surface area contributed by atoms with Crippen molar-refractivity contribution in [2.24, 2.45) is 5.92 Å². The van der Waals surface area contributed by atoms with Gasteiger partial charge >= 0.3 is 6.03 Å². The summed E-state index contributed by atoms with van der Waals surface area (Å²) in [6.45, 7) is 10.1. The van der Waals surface area contributed by atoms with Gasteiger partial charge in [-0.1, -0.05) is 26.0 Å². The van der Waals surface area contributed by atoms with Crippen molar-refractivity contribution in [1.29, 1.82) is 0 Å². The molecule has 23 heavy (non-hydrogen) atoms. The summed E-state index contributed by atoms with van der Waals surface area (Å²) in [5, 5.41) is 3.05. The Balaban J connectivity index is 1.85. The van der Waals surface area contributed by atoms with Gasteiger partial charge in [-0.15, -0.1) is 0 Å². The van der Waals surface area contributed by atoms with Crippen molar-refractivity contribution in [1.82, 2.24) is 9.47 Å². The molecule has 0 radical (unpaired) electrons. The van der Waals surface area contributed by atoms with Gasteiger partial charge in [0.15, 0.2) is 0 Å². The minimum atomic E-state index is -0.0144. The third-order valence-corrected chi connectivity index (χ3v) is 4.60. The Morgan fingerprint density at radius 1 is 1.17 bits per heavy atom. The van der Waals surface area contributed by atoms with E-state index >= 15 is 0 Å². The van der Waals surface area contributed by atoms with Crippen LogP contribution in [0.2, 0.25) is 0 Å². The first-order valence-electron chi connectivity index (χ1n) is 8.27. The van der Waals surface area contributed by atoms with E-state index in [4.69, 9.17) is 0 Å². The summed E-state index contributed by atoms with van der Waals surface area (Å²) < 4.78 is 2.33. The molecule has 2 aromatic rings. The minimum Gasteiger partial charge on any atom is -0.345 e. The van der Waals surface area contributed by atoms with Crippen LogP contribution in [0.1, 0.15) is 36.8 Å². The Bertz CT molecular complexity index is 717. The van der Waals surface area contributed by atoms with Crippen molar-refractivity contribution in [3.8, 4) is 0 Å². The molecule has 2 amide bonds. The van der Waals surface area contributed by atoms with Crippen LogP contribution in [-0.2, 0) is 6.54 Å². The van der Waals surface area contributed by atoms with Gasteiger partial charge in [0.2, 0.25) is 0 Å². The number of carbonyl (C=O) groups excluding carboxylic acids is 1. The van der Waals surface area contributed by atoms with Crippen LogP contribution in [0, 0.1) is 19.8 Å². The number of hydrogen-bond acceptors (Lipinski definition) is 1. The van der Waals surface area contributed by atoms with E-state index in [1.54, 1.807) is 0 Å². The van der Waals surface area contributed by atoms with Crippen LogP contribution in [0.4, 0.5) is 10.5 Å². The van der Waals surface area contributed by atoms with Crippen LogP contribution in [0.25, 0.3) is 0 Å². The van der Waals surface area contributed by atoms with Crippen LogP contribution in [-0.4, -0.2) is 22.0 Å². The molecule has 0 saturated heterocycles. The van der Waals surface area contributed by atoms with Crippen LogP contribution >= 0.6 is 0 Å². The highest BCUT2D eigenvalue weighted by molar-refractivity contribution is 5.89. The molecule has 122 valence electrons. The minimum absolute atomic E-state index is 0.0144. The first-order valence-corrected chi connectivity index (χ1v) is 8.27. The fourth-order valence-electron chi connectivity index (χ4n) is 3.51. The van der Waals surface area contributed by atoms with Crippen molar-refractivity contribution in [3.05, 3.63) is 53.3 Å². The van der Waals surface area contributed by atoms with Gasteiger partial charge in [0.05, 0.1) is 6.04 Å². The van der Waals surface area contributed by atoms with Crippen molar-refractivity contribution >= 4 is 11.7 Å². The SMILES string of the molecule is Cc1cccc(NC(=O)N2CCn3c(C)ccc3[C@H]2C(C)C)c1.